The number of nitrogens with one attached hydrogen (secondary N) is 1. The molecule has 1 aromatic rings. The van der Waals surface area contributed by atoms with Gasteiger partial charge in [0.05, 0.1) is 5.02 Å². The van der Waals surface area contributed by atoms with Crippen LogP contribution in [-0.4, -0.2) is 62.8 Å². The molecule has 2 saturated heterocycles. The maximum absolute atomic E-state index is 13.1. The van der Waals surface area contributed by atoms with Crippen LogP contribution in [0.3, 0.4) is 0 Å². The van der Waals surface area contributed by atoms with Crippen molar-refractivity contribution in [3.63, 3.8) is 0 Å². The topological polar surface area (TPSA) is 69.7 Å². The molecule has 30 heavy (non-hydrogen) atoms. The van der Waals surface area contributed by atoms with Gasteiger partial charge in [0.2, 0.25) is 10.0 Å². The molecule has 1 amide bonds. The molecule has 1 aromatic carbocycles. The molecule has 168 valence electrons. The van der Waals surface area contributed by atoms with Crippen LogP contribution in [0.2, 0.25) is 5.02 Å². The molecule has 8 heteroatoms. The van der Waals surface area contributed by atoms with Crippen LogP contribution in [0.5, 0.6) is 0 Å². The minimum atomic E-state index is -3.71. The predicted molar refractivity (Wildman–Crippen MR) is 120 cm³/mol. The van der Waals surface area contributed by atoms with Gasteiger partial charge in [0.15, 0.2) is 0 Å². The van der Waals surface area contributed by atoms with E-state index in [1.165, 1.54) is 42.1 Å². The van der Waals surface area contributed by atoms with Crippen molar-refractivity contribution in [2.24, 2.45) is 5.92 Å². The number of benzene rings is 1. The molecule has 0 aliphatic carbocycles. The molecule has 0 radical (unpaired) electrons. The van der Waals surface area contributed by atoms with Crippen LogP contribution >= 0.6 is 11.6 Å². The summed E-state index contributed by atoms with van der Waals surface area (Å²) < 4.78 is 27.7. The molecular formula is C22H34ClN3O3S. The normalized spacial score (nSPS) is 21.9. The van der Waals surface area contributed by atoms with E-state index in [2.05, 4.69) is 17.1 Å². The number of rotatable bonds is 7. The molecule has 1 atom stereocenters. The lowest BCUT2D eigenvalue weighted by atomic mass is 10.0. The number of sulfonamides is 1. The van der Waals surface area contributed by atoms with E-state index in [1.807, 2.05) is 0 Å². The Morgan fingerprint density at radius 3 is 2.57 bits per heavy atom. The third-order valence-corrected chi connectivity index (χ3v) is 8.41. The van der Waals surface area contributed by atoms with Gasteiger partial charge in [-0.2, -0.15) is 4.31 Å². The Hall–Kier alpha value is -1.15. The second kappa shape index (κ2) is 10.9. The Morgan fingerprint density at radius 2 is 1.87 bits per heavy atom. The molecule has 2 aliphatic heterocycles. The van der Waals surface area contributed by atoms with E-state index in [9.17, 15) is 13.2 Å². The van der Waals surface area contributed by atoms with Crippen molar-refractivity contribution in [2.45, 2.75) is 56.8 Å². The van der Waals surface area contributed by atoms with E-state index in [4.69, 9.17) is 11.6 Å². The van der Waals surface area contributed by atoms with E-state index in [1.54, 1.807) is 6.07 Å². The van der Waals surface area contributed by atoms with Gasteiger partial charge in [-0.1, -0.05) is 31.4 Å². The van der Waals surface area contributed by atoms with E-state index < -0.39 is 10.0 Å². The van der Waals surface area contributed by atoms with Gasteiger partial charge in [0.25, 0.3) is 5.91 Å². The highest BCUT2D eigenvalue weighted by atomic mass is 35.5. The minimum absolute atomic E-state index is 0.0236. The Bertz CT molecular complexity index is 823. The summed E-state index contributed by atoms with van der Waals surface area (Å²) in [5, 5.41) is 3.08. The van der Waals surface area contributed by atoms with Crippen LogP contribution < -0.4 is 5.32 Å². The van der Waals surface area contributed by atoms with Crippen molar-refractivity contribution >= 4 is 27.5 Å². The van der Waals surface area contributed by atoms with Gasteiger partial charge >= 0.3 is 0 Å². The fourth-order valence-electron chi connectivity index (χ4n) is 4.31. The second-order valence-electron chi connectivity index (χ2n) is 8.62. The molecule has 0 aromatic heterocycles. The number of halogens is 1. The maximum Gasteiger partial charge on any atom is 0.251 e. The number of piperidine rings is 1. The Balaban J connectivity index is 1.59. The van der Waals surface area contributed by atoms with Gasteiger partial charge in [0.1, 0.15) is 4.90 Å². The average molecular weight is 456 g/mol. The van der Waals surface area contributed by atoms with Crippen molar-refractivity contribution in [1.29, 1.82) is 0 Å². The Labute approximate surface area is 186 Å². The van der Waals surface area contributed by atoms with E-state index in [-0.39, 0.29) is 15.8 Å². The number of amides is 1. The number of carbonyl (C=O) groups is 1. The van der Waals surface area contributed by atoms with Crippen molar-refractivity contribution in [3.8, 4) is 0 Å². The minimum Gasteiger partial charge on any atom is -0.352 e. The summed E-state index contributed by atoms with van der Waals surface area (Å²) in [5.41, 5.74) is 0.331. The standard InChI is InChI=1S/C22H34ClN3O3S/c1-18-8-6-15-26(17-18)30(28,29)21-16-19(9-10-20(21)23)22(27)24-11-7-14-25-12-4-2-3-5-13-25/h9-10,16,18H,2-8,11-15,17H2,1H3,(H,24,27). The molecule has 2 fully saturated rings. The Morgan fingerprint density at radius 1 is 1.13 bits per heavy atom. The highest BCUT2D eigenvalue weighted by molar-refractivity contribution is 7.89. The van der Waals surface area contributed by atoms with Crippen molar-refractivity contribution in [1.82, 2.24) is 14.5 Å². The van der Waals surface area contributed by atoms with Gasteiger partial charge in [-0.25, -0.2) is 8.42 Å². The van der Waals surface area contributed by atoms with Crippen molar-refractivity contribution < 1.29 is 13.2 Å². The molecule has 3 rings (SSSR count). The SMILES string of the molecule is CC1CCCN(S(=O)(=O)c2cc(C(=O)NCCCN3CCCCCC3)ccc2Cl)C1. The first-order valence-corrected chi connectivity index (χ1v) is 13.0. The monoisotopic (exact) mass is 455 g/mol. The third-order valence-electron chi connectivity index (χ3n) is 6.07. The van der Waals surface area contributed by atoms with Gasteiger partial charge in [-0.05, 0) is 75.9 Å². The van der Waals surface area contributed by atoms with Crippen LogP contribution in [0.25, 0.3) is 0 Å². The summed E-state index contributed by atoms with van der Waals surface area (Å²) in [5.74, 6) is 0.0639. The molecular weight excluding hydrogens is 422 g/mol. The van der Waals surface area contributed by atoms with E-state index >= 15 is 0 Å². The summed E-state index contributed by atoms with van der Waals surface area (Å²) in [4.78, 5) is 15.1. The summed E-state index contributed by atoms with van der Waals surface area (Å²) in [6.07, 6.45) is 7.89. The molecule has 2 heterocycles. The van der Waals surface area contributed by atoms with Crippen molar-refractivity contribution in [3.05, 3.63) is 28.8 Å². The highest BCUT2D eigenvalue weighted by Gasteiger charge is 2.30. The summed E-state index contributed by atoms with van der Waals surface area (Å²) >= 11 is 6.22. The first kappa shape index (κ1) is 23.5. The number of likely N-dealkylation sites (tertiary alicyclic amines) is 1. The average Bonchev–Trinajstić information content (AvgIpc) is 3.00. The smallest absolute Gasteiger partial charge is 0.251 e. The number of hydrogen-bond acceptors (Lipinski definition) is 4. The molecule has 1 unspecified atom stereocenters. The van der Waals surface area contributed by atoms with E-state index in [0.717, 1.165) is 38.9 Å². The van der Waals surface area contributed by atoms with Gasteiger partial charge in [-0.15, -0.1) is 0 Å². The molecule has 6 nitrogen and oxygen atoms in total. The molecule has 0 spiro atoms. The van der Waals surface area contributed by atoms with Gasteiger partial charge in [0, 0.05) is 25.2 Å². The quantitative estimate of drug-likeness (QED) is 0.635. The largest absolute Gasteiger partial charge is 0.352 e. The second-order valence-corrected chi connectivity index (χ2v) is 10.9. The van der Waals surface area contributed by atoms with Gasteiger partial charge in [-0.3, -0.25) is 4.79 Å². The van der Waals surface area contributed by atoms with Crippen LogP contribution in [0.1, 0.15) is 62.2 Å². The summed E-state index contributed by atoms with van der Waals surface area (Å²) in [6.45, 7) is 6.88. The fraction of sp³-hybridized carbons (Fsp3) is 0.682. The lowest BCUT2D eigenvalue weighted by Crippen LogP contribution is -2.39. The van der Waals surface area contributed by atoms with E-state index in [0.29, 0.717) is 31.1 Å². The zero-order chi connectivity index (χ0) is 21.6. The highest BCUT2D eigenvalue weighted by Crippen LogP contribution is 2.29. The molecule has 1 N–H and O–H groups in total. The lowest BCUT2D eigenvalue weighted by Gasteiger charge is -2.30. The predicted octanol–water partition coefficient (Wildman–Crippen LogP) is 3.76. The fourth-order valence-corrected chi connectivity index (χ4v) is 6.41. The maximum atomic E-state index is 13.1. The number of carbonyl (C=O) groups excluding carboxylic acids is 1. The van der Waals surface area contributed by atoms with Crippen LogP contribution in [0, 0.1) is 5.92 Å². The number of nitrogens with zero attached hydrogens (tertiary/aromatic N) is 2. The van der Waals surface area contributed by atoms with Gasteiger partial charge < -0.3 is 10.2 Å². The van der Waals surface area contributed by atoms with Crippen LogP contribution in [-0.2, 0) is 10.0 Å². The van der Waals surface area contributed by atoms with Crippen molar-refractivity contribution in [2.75, 3.05) is 39.3 Å². The third kappa shape index (κ3) is 6.19. The first-order chi connectivity index (χ1) is 14.4. The zero-order valence-electron chi connectivity index (χ0n) is 17.9. The lowest BCUT2D eigenvalue weighted by molar-refractivity contribution is 0.0951. The molecule has 0 saturated carbocycles. The zero-order valence-corrected chi connectivity index (χ0v) is 19.5. The van der Waals surface area contributed by atoms with Crippen LogP contribution in [0.4, 0.5) is 0 Å². The summed E-state index contributed by atoms with van der Waals surface area (Å²) in [6, 6.07) is 4.51. The number of hydrogen-bond donors (Lipinski definition) is 1. The first-order valence-electron chi connectivity index (χ1n) is 11.2. The van der Waals surface area contributed by atoms with Crippen LogP contribution in [0.15, 0.2) is 23.1 Å². The molecule has 0 bridgehead atoms. The summed E-state index contributed by atoms with van der Waals surface area (Å²) in [7, 11) is -3.71. The molecule has 2 aliphatic rings. The Kier molecular flexibility index (Phi) is 8.57.